The molecule has 0 aromatic heterocycles. The number of para-hydroxylation sites is 1. The van der Waals surface area contributed by atoms with Crippen LogP contribution in [0.2, 0.25) is 0 Å². The first-order valence-corrected chi connectivity index (χ1v) is 12.1. The fourth-order valence-electron chi connectivity index (χ4n) is 5.44. The molecule has 1 saturated heterocycles. The molecular weight excluding hydrogens is 395 g/mol. The maximum Gasteiger partial charge on any atom is 0.162 e. The Kier molecular flexibility index (Phi) is 5.59. The summed E-state index contributed by atoms with van der Waals surface area (Å²) in [6.07, 6.45) is 3.85. The van der Waals surface area contributed by atoms with Crippen LogP contribution < -0.4 is 4.90 Å². The van der Waals surface area contributed by atoms with Crippen molar-refractivity contribution < 1.29 is 9.18 Å². The number of ketones is 1. The maximum atomic E-state index is 13.5. The van der Waals surface area contributed by atoms with Crippen molar-refractivity contribution in [2.75, 3.05) is 36.8 Å². The van der Waals surface area contributed by atoms with Gasteiger partial charge in [-0.2, -0.15) is 0 Å². The molecule has 158 valence electrons. The van der Waals surface area contributed by atoms with Crippen molar-refractivity contribution in [1.82, 2.24) is 4.90 Å². The van der Waals surface area contributed by atoms with Crippen molar-refractivity contribution in [3.63, 3.8) is 0 Å². The highest BCUT2D eigenvalue weighted by atomic mass is 32.2. The fraction of sp³-hybridized carbons (Fsp3) is 0.480. The first-order valence-electron chi connectivity index (χ1n) is 11.2. The Hall–Kier alpha value is -1.85. The number of piperidine rings is 1. The number of likely N-dealkylation sites (tertiary alicyclic amines) is 1. The zero-order valence-corrected chi connectivity index (χ0v) is 18.4. The van der Waals surface area contributed by atoms with E-state index >= 15 is 0 Å². The fourth-order valence-corrected chi connectivity index (χ4v) is 6.48. The number of hydrogen-bond acceptors (Lipinski definition) is 4. The van der Waals surface area contributed by atoms with E-state index in [-0.39, 0.29) is 11.6 Å². The molecule has 0 amide bonds. The predicted octanol–water partition coefficient (Wildman–Crippen LogP) is 5.27. The molecule has 3 heterocycles. The minimum Gasteiger partial charge on any atom is -0.367 e. The van der Waals surface area contributed by atoms with Gasteiger partial charge in [0.05, 0.1) is 5.69 Å². The zero-order chi connectivity index (χ0) is 20.7. The Morgan fingerprint density at radius 2 is 2.13 bits per heavy atom. The lowest BCUT2D eigenvalue weighted by Gasteiger charge is -2.39. The maximum absolute atomic E-state index is 13.5. The van der Waals surface area contributed by atoms with Crippen LogP contribution in [0.3, 0.4) is 0 Å². The standard InChI is InChI=1S/C25H29FN2OS/c1-17-15-18(8-9-21(17)26)23(29)6-3-11-27-13-10-22-20(16-27)19-5-2-7-24-25(19)28(22)12-4-14-30-24/h2,5,7-9,15,20,22H,3-4,6,10-14,16H2,1H3/t20-,22-/m0/s1. The van der Waals surface area contributed by atoms with Crippen molar-refractivity contribution in [2.45, 2.75) is 49.5 Å². The summed E-state index contributed by atoms with van der Waals surface area (Å²) in [6, 6.07) is 12.2. The van der Waals surface area contributed by atoms with Gasteiger partial charge < -0.3 is 9.80 Å². The predicted molar refractivity (Wildman–Crippen MR) is 121 cm³/mol. The molecule has 2 aromatic carbocycles. The topological polar surface area (TPSA) is 23.6 Å². The van der Waals surface area contributed by atoms with Crippen LogP contribution >= 0.6 is 11.8 Å². The van der Waals surface area contributed by atoms with Gasteiger partial charge in [0.1, 0.15) is 5.82 Å². The van der Waals surface area contributed by atoms with E-state index in [1.807, 2.05) is 11.8 Å². The summed E-state index contributed by atoms with van der Waals surface area (Å²) in [6.45, 7) is 6.05. The molecule has 0 radical (unpaired) electrons. The van der Waals surface area contributed by atoms with E-state index in [4.69, 9.17) is 0 Å². The Balaban J connectivity index is 1.21. The van der Waals surface area contributed by atoms with Gasteiger partial charge in [0.25, 0.3) is 0 Å². The second-order valence-electron chi connectivity index (χ2n) is 8.84. The molecule has 0 saturated carbocycles. The molecule has 3 aliphatic heterocycles. The zero-order valence-electron chi connectivity index (χ0n) is 17.6. The van der Waals surface area contributed by atoms with Crippen LogP contribution in [0.1, 0.15) is 53.1 Å². The average Bonchev–Trinajstić information content (AvgIpc) is 2.91. The lowest BCUT2D eigenvalue weighted by atomic mass is 9.89. The molecule has 0 N–H and O–H groups in total. The Bertz CT molecular complexity index is 962. The largest absolute Gasteiger partial charge is 0.367 e. The number of thioether (sulfide) groups is 1. The van der Waals surface area contributed by atoms with Gasteiger partial charge in [-0.05, 0) is 73.9 Å². The third-order valence-corrected chi connectivity index (χ3v) is 8.07. The molecule has 3 nitrogen and oxygen atoms in total. The number of Topliss-reactive ketones (excluding diaryl/α,β-unsaturated/α-hetero) is 1. The normalized spacial score (nSPS) is 23.1. The highest BCUT2D eigenvalue weighted by molar-refractivity contribution is 7.99. The Labute approximate surface area is 182 Å². The Morgan fingerprint density at radius 3 is 3.00 bits per heavy atom. The molecule has 2 aromatic rings. The van der Waals surface area contributed by atoms with Crippen LogP contribution in [-0.2, 0) is 0 Å². The van der Waals surface area contributed by atoms with Crippen LogP contribution in [0, 0.1) is 12.7 Å². The second kappa shape index (κ2) is 8.35. The van der Waals surface area contributed by atoms with E-state index in [1.54, 1.807) is 19.1 Å². The van der Waals surface area contributed by atoms with Crippen molar-refractivity contribution >= 4 is 23.2 Å². The SMILES string of the molecule is Cc1cc(C(=O)CCCN2CC[C@H]3[C@@H](C2)c2cccc4c2N3CCCS4)ccc1F. The molecular formula is C25H29FN2OS. The van der Waals surface area contributed by atoms with Gasteiger partial charge in [-0.15, -0.1) is 11.8 Å². The van der Waals surface area contributed by atoms with Crippen LogP contribution in [0.15, 0.2) is 41.3 Å². The number of halogens is 1. The van der Waals surface area contributed by atoms with Crippen molar-refractivity contribution in [1.29, 1.82) is 0 Å². The van der Waals surface area contributed by atoms with Crippen LogP contribution in [0.4, 0.5) is 10.1 Å². The number of fused-ring (bicyclic) bond motifs is 3. The molecule has 0 spiro atoms. The summed E-state index contributed by atoms with van der Waals surface area (Å²) in [4.78, 5) is 19.2. The molecule has 1 fully saturated rings. The van der Waals surface area contributed by atoms with E-state index in [0.717, 1.165) is 26.1 Å². The minimum absolute atomic E-state index is 0.120. The van der Waals surface area contributed by atoms with Gasteiger partial charge in [0.15, 0.2) is 5.78 Å². The number of hydrogen-bond donors (Lipinski definition) is 0. The van der Waals surface area contributed by atoms with Gasteiger partial charge in [-0.3, -0.25) is 4.79 Å². The lowest BCUT2D eigenvalue weighted by molar-refractivity contribution is 0.0971. The molecule has 30 heavy (non-hydrogen) atoms. The van der Waals surface area contributed by atoms with E-state index in [1.165, 1.54) is 47.4 Å². The highest BCUT2D eigenvalue weighted by Crippen LogP contribution is 2.50. The van der Waals surface area contributed by atoms with E-state index in [9.17, 15) is 9.18 Å². The minimum atomic E-state index is -0.249. The quantitative estimate of drug-likeness (QED) is 0.610. The van der Waals surface area contributed by atoms with Crippen molar-refractivity contribution in [3.8, 4) is 0 Å². The highest BCUT2D eigenvalue weighted by Gasteiger charge is 2.43. The first-order chi connectivity index (χ1) is 14.6. The summed E-state index contributed by atoms with van der Waals surface area (Å²) >= 11 is 2.01. The molecule has 0 unspecified atom stereocenters. The average molecular weight is 425 g/mol. The van der Waals surface area contributed by atoms with E-state index < -0.39 is 0 Å². The van der Waals surface area contributed by atoms with E-state index in [0.29, 0.717) is 29.5 Å². The number of anilines is 1. The van der Waals surface area contributed by atoms with Gasteiger partial charge in [-0.1, -0.05) is 12.1 Å². The van der Waals surface area contributed by atoms with Crippen LogP contribution in [0.25, 0.3) is 0 Å². The molecule has 3 aliphatic rings. The summed E-state index contributed by atoms with van der Waals surface area (Å²) in [5.41, 5.74) is 4.22. The number of rotatable bonds is 5. The Morgan fingerprint density at radius 1 is 1.23 bits per heavy atom. The molecule has 0 bridgehead atoms. The number of aryl methyl sites for hydroxylation is 1. The smallest absolute Gasteiger partial charge is 0.162 e. The first kappa shape index (κ1) is 20.1. The van der Waals surface area contributed by atoms with E-state index in [2.05, 4.69) is 28.0 Å². The number of carbonyl (C=O) groups is 1. The van der Waals surface area contributed by atoms with Gasteiger partial charge in [-0.25, -0.2) is 4.39 Å². The third kappa shape index (κ3) is 3.67. The summed E-state index contributed by atoms with van der Waals surface area (Å²) in [5.74, 6) is 1.68. The van der Waals surface area contributed by atoms with Gasteiger partial charge >= 0.3 is 0 Å². The molecule has 2 atom stereocenters. The summed E-state index contributed by atoms with van der Waals surface area (Å²) in [5, 5.41) is 0. The number of carbonyl (C=O) groups excluding carboxylic acids is 1. The van der Waals surface area contributed by atoms with Crippen molar-refractivity contribution in [3.05, 3.63) is 58.9 Å². The summed E-state index contributed by atoms with van der Waals surface area (Å²) in [7, 11) is 0. The second-order valence-corrected chi connectivity index (χ2v) is 9.98. The molecule has 5 heteroatoms. The number of nitrogens with zero attached hydrogens (tertiary/aromatic N) is 2. The van der Waals surface area contributed by atoms with Gasteiger partial charge in [0, 0.05) is 48.5 Å². The summed E-state index contributed by atoms with van der Waals surface area (Å²) < 4.78 is 13.5. The van der Waals surface area contributed by atoms with Gasteiger partial charge in [0.2, 0.25) is 0 Å². The van der Waals surface area contributed by atoms with Crippen molar-refractivity contribution in [2.24, 2.45) is 0 Å². The molecule has 5 rings (SSSR count). The third-order valence-electron chi connectivity index (χ3n) is 6.94. The van der Waals surface area contributed by atoms with Crippen LogP contribution in [0.5, 0.6) is 0 Å². The number of benzene rings is 2. The molecule has 0 aliphatic carbocycles. The van der Waals surface area contributed by atoms with Crippen LogP contribution in [-0.4, -0.2) is 48.7 Å². The lowest BCUT2D eigenvalue weighted by Crippen LogP contribution is -2.46. The monoisotopic (exact) mass is 424 g/mol.